The summed E-state index contributed by atoms with van der Waals surface area (Å²) in [6, 6.07) is 8.38. The first kappa shape index (κ1) is 10.8. The molecule has 1 aromatic carbocycles. The summed E-state index contributed by atoms with van der Waals surface area (Å²) in [5, 5.41) is 4.17. The van der Waals surface area contributed by atoms with Crippen LogP contribution in [0.3, 0.4) is 0 Å². The van der Waals surface area contributed by atoms with E-state index >= 15 is 0 Å². The zero-order valence-corrected chi connectivity index (χ0v) is 10.9. The second-order valence-electron chi connectivity index (χ2n) is 3.97. The van der Waals surface area contributed by atoms with Crippen LogP contribution in [-0.2, 0) is 5.88 Å². The average Bonchev–Trinajstić information content (AvgIpc) is 2.93. The van der Waals surface area contributed by atoms with Gasteiger partial charge in [-0.15, -0.1) is 11.6 Å². The topological polar surface area (TPSA) is 17.8 Å². The fraction of sp³-hybridized carbons (Fsp3) is 0.154. The van der Waals surface area contributed by atoms with E-state index in [1.54, 1.807) is 11.3 Å². The van der Waals surface area contributed by atoms with Crippen molar-refractivity contribution in [3.8, 4) is 5.69 Å². The first-order valence-electron chi connectivity index (χ1n) is 5.36. The van der Waals surface area contributed by atoms with Gasteiger partial charge in [0.2, 0.25) is 0 Å². The van der Waals surface area contributed by atoms with E-state index in [1.807, 2.05) is 0 Å². The molecule has 0 amide bonds. The summed E-state index contributed by atoms with van der Waals surface area (Å²) >= 11 is 7.66. The highest BCUT2D eigenvalue weighted by Crippen LogP contribution is 2.24. The predicted octanol–water partition coefficient (Wildman–Crippen LogP) is 4.13. The molecule has 3 rings (SSSR count). The average molecular weight is 263 g/mol. The number of aromatic nitrogens is 2. The molecule has 2 heterocycles. The highest BCUT2D eigenvalue weighted by atomic mass is 35.5. The first-order valence-corrected chi connectivity index (χ1v) is 6.84. The lowest BCUT2D eigenvalue weighted by Gasteiger charge is -2.04. The maximum absolute atomic E-state index is 5.98. The quantitative estimate of drug-likeness (QED) is 0.635. The monoisotopic (exact) mass is 262 g/mol. The van der Waals surface area contributed by atoms with Gasteiger partial charge < -0.3 is 0 Å². The fourth-order valence-electron chi connectivity index (χ4n) is 2.00. The van der Waals surface area contributed by atoms with Crippen molar-refractivity contribution in [1.82, 2.24) is 9.55 Å². The molecule has 0 aliphatic carbocycles. The SMILES string of the molecule is Cc1ccc2c(c1)nc(CCl)n2-c1ccsc1. The molecular weight excluding hydrogens is 252 g/mol. The number of hydrogen-bond donors (Lipinski definition) is 0. The molecule has 0 fully saturated rings. The van der Waals surface area contributed by atoms with Crippen LogP contribution in [0.15, 0.2) is 35.0 Å². The van der Waals surface area contributed by atoms with Gasteiger partial charge in [-0.3, -0.25) is 4.57 Å². The largest absolute Gasteiger partial charge is 0.294 e. The molecule has 0 saturated carbocycles. The third-order valence-corrected chi connectivity index (χ3v) is 3.67. The van der Waals surface area contributed by atoms with Gasteiger partial charge in [0.25, 0.3) is 0 Å². The van der Waals surface area contributed by atoms with Crippen molar-refractivity contribution >= 4 is 34.0 Å². The Labute approximate surface area is 108 Å². The molecule has 0 spiro atoms. The lowest BCUT2D eigenvalue weighted by atomic mass is 10.2. The summed E-state index contributed by atoms with van der Waals surface area (Å²) in [6.07, 6.45) is 0. The molecule has 2 aromatic heterocycles. The van der Waals surface area contributed by atoms with Crippen molar-refractivity contribution in [2.45, 2.75) is 12.8 Å². The third-order valence-electron chi connectivity index (χ3n) is 2.76. The van der Waals surface area contributed by atoms with E-state index in [0.717, 1.165) is 22.5 Å². The van der Waals surface area contributed by atoms with Crippen LogP contribution < -0.4 is 0 Å². The first-order chi connectivity index (χ1) is 8.29. The third kappa shape index (κ3) is 1.75. The zero-order chi connectivity index (χ0) is 11.8. The lowest BCUT2D eigenvalue weighted by Crippen LogP contribution is -1.97. The van der Waals surface area contributed by atoms with Gasteiger partial charge in [-0.25, -0.2) is 4.98 Å². The fourth-order valence-corrected chi connectivity index (χ4v) is 2.80. The van der Waals surface area contributed by atoms with Crippen LogP contribution in [0.2, 0.25) is 0 Å². The van der Waals surface area contributed by atoms with E-state index in [1.165, 1.54) is 5.56 Å². The molecule has 0 aliphatic rings. The number of benzene rings is 1. The smallest absolute Gasteiger partial charge is 0.129 e. The van der Waals surface area contributed by atoms with Crippen molar-refractivity contribution in [2.75, 3.05) is 0 Å². The minimum atomic E-state index is 0.420. The summed E-state index contributed by atoms with van der Waals surface area (Å²) in [5.74, 6) is 1.31. The highest BCUT2D eigenvalue weighted by molar-refractivity contribution is 7.08. The van der Waals surface area contributed by atoms with E-state index in [2.05, 4.69) is 51.5 Å². The van der Waals surface area contributed by atoms with Gasteiger partial charge in [-0.1, -0.05) is 6.07 Å². The number of halogens is 1. The van der Waals surface area contributed by atoms with Crippen LogP contribution in [0.1, 0.15) is 11.4 Å². The molecule has 0 atom stereocenters. The van der Waals surface area contributed by atoms with Crippen LogP contribution in [0.25, 0.3) is 16.7 Å². The number of imidazole rings is 1. The van der Waals surface area contributed by atoms with Gasteiger partial charge in [0.15, 0.2) is 0 Å². The minimum Gasteiger partial charge on any atom is -0.294 e. The molecule has 17 heavy (non-hydrogen) atoms. The Morgan fingerprint density at radius 1 is 1.35 bits per heavy atom. The van der Waals surface area contributed by atoms with Crippen molar-refractivity contribution < 1.29 is 0 Å². The van der Waals surface area contributed by atoms with E-state index in [0.29, 0.717) is 5.88 Å². The minimum absolute atomic E-state index is 0.420. The number of aryl methyl sites for hydroxylation is 1. The van der Waals surface area contributed by atoms with Gasteiger partial charge in [-0.05, 0) is 36.1 Å². The Balaban J connectivity index is 2.35. The molecular formula is C13H11ClN2S. The summed E-state index contributed by atoms with van der Waals surface area (Å²) in [6.45, 7) is 2.07. The zero-order valence-electron chi connectivity index (χ0n) is 9.35. The van der Waals surface area contributed by atoms with E-state index in [4.69, 9.17) is 11.6 Å². The number of thiophene rings is 1. The molecule has 0 unspecified atom stereocenters. The Morgan fingerprint density at radius 2 is 2.24 bits per heavy atom. The van der Waals surface area contributed by atoms with E-state index < -0.39 is 0 Å². The second-order valence-corrected chi connectivity index (χ2v) is 5.02. The summed E-state index contributed by atoms with van der Waals surface area (Å²) in [4.78, 5) is 4.58. The standard InChI is InChI=1S/C13H11ClN2S/c1-9-2-3-12-11(6-9)15-13(7-14)16(12)10-4-5-17-8-10/h2-6,8H,7H2,1H3. The van der Waals surface area contributed by atoms with Gasteiger partial charge in [0, 0.05) is 5.38 Å². The van der Waals surface area contributed by atoms with Crippen LogP contribution in [0, 0.1) is 6.92 Å². The molecule has 4 heteroatoms. The van der Waals surface area contributed by atoms with Gasteiger partial charge in [-0.2, -0.15) is 11.3 Å². The van der Waals surface area contributed by atoms with E-state index in [-0.39, 0.29) is 0 Å². The Hall–Kier alpha value is -1.32. The Morgan fingerprint density at radius 3 is 2.94 bits per heavy atom. The van der Waals surface area contributed by atoms with Crippen molar-refractivity contribution in [3.63, 3.8) is 0 Å². The number of hydrogen-bond acceptors (Lipinski definition) is 2. The Bertz CT molecular complexity index is 655. The van der Waals surface area contributed by atoms with E-state index in [9.17, 15) is 0 Å². The molecule has 86 valence electrons. The van der Waals surface area contributed by atoms with Crippen molar-refractivity contribution in [2.24, 2.45) is 0 Å². The number of alkyl halides is 1. The van der Waals surface area contributed by atoms with Crippen LogP contribution in [-0.4, -0.2) is 9.55 Å². The summed E-state index contributed by atoms with van der Waals surface area (Å²) < 4.78 is 2.12. The molecule has 0 saturated heterocycles. The van der Waals surface area contributed by atoms with Crippen LogP contribution in [0.4, 0.5) is 0 Å². The van der Waals surface area contributed by atoms with Gasteiger partial charge >= 0.3 is 0 Å². The Kier molecular flexibility index (Phi) is 2.65. The van der Waals surface area contributed by atoms with Gasteiger partial charge in [0.1, 0.15) is 5.82 Å². The maximum Gasteiger partial charge on any atom is 0.129 e. The molecule has 2 nitrogen and oxygen atoms in total. The van der Waals surface area contributed by atoms with Crippen molar-refractivity contribution in [1.29, 1.82) is 0 Å². The lowest BCUT2D eigenvalue weighted by molar-refractivity contribution is 0.987. The van der Waals surface area contributed by atoms with Gasteiger partial charge in [0.05, 0.1) is 22.6 Å². The van der Waals surface area contributed by atoms with Crippen LogP contribution >= 0.6 is 22.9 Å². The summed E-state index contributed by atoms with van der Waals surface area (Å²) in [7, 11) is 0. The molecule has 0 aliphatic heterocycles. The normalized spacial score (nSPS) is 11.2. The predicted molar refractivity (Wildman–Crippen MR) is 73.2 cm³/mol. The molecule has 0 bridgehead atoms. The molecule has 0 N–H and O–H groups in total. The number of fused-ring (bicyclic) bond motifs is 1. The van der Waals surface area contributed by atoms with Crippen molar-refractivity contribution in [3.05, 3.63) is 46.4 Å². The number of nitrogens with zero attached hydrogens (tertiary/aromatic N) is 2. The maximum atomic E-state index is 5.98. The van der Waals surface area contributed by atoms with Crippen LogP contribution in [0.5, 0.6) is 0 Å². The number of rotatable bonds is 2. The highest BCUT2D eigenvalue weighted by Gasteiger charge is 2.11. The summed E-state index contributed by atoms with van der Waals surface area (Å²) in [5.41, 5.74) is 4.47. The molecule has 3 aromatic rings. The molecule has 0 radical (unpaired) electrons. The second kappa shape index (κ2) is 4.17.